The highest BCUT2D eigenvalue weighted by Gasteiger charge is 2.27. The molecule has 0 aliphatic carbocycles. The quantitative estimate of drug-likeness (QED) is 0.582. The van der Waals surface area contributed by atoms with E-state index in [1.54, 1.807) is 23.1 Å². The molecule has 2 heterocycles. The van der Waals surface area contributed by atoms with Crippen LogP contribution in [0.1, 0.15) is 5.56 Å². The van der Waals surface area contributed by atoms with E-state index >= 15 is 0 Å². The van der Waals surface area contributed by atoms with Gasteiger partial charge in [0, 0.05) is 31.2 Å². The number of carbonyl (C=O) groups excluding carboxylic acids is 1. The highest BCUT2D eigenvalue weighted by Crippen LogP contribution is 2.29. The second-order valence-corrected chi connectivity index (χ2v) is 7.71. The summed E-state index contributed by atoms with van der Waals surface area (Å²) in [7, 11) is 1.41. The molecule has 1 fully saturated rings. The molecule has 0 spiro atoms. The number of aryl methyl sites for hydroxylation is 1. The number of methoxy groups -OCH3 is 1. The fourth-order valence-corrected chi connectivity index (χ4v) is 3.81. The van der Waals surface area contributed by atoms with Crippen molar-refractivity contribution in [2.75, 3.05) is 43.5 Å². The second-order valence-electron chi connectivity index (χ2n) is 7.27. The van der Waals surface area contributed by atoms with Gasteiger partial charge in [-0.15, -0.1) is 0 Å². The SMILES string of the molecule is COc1nc2cc(Cl)ccc2nc1NC(=O)N1CCN(c2c(C)cc(F)c(F)c2F)CC1. The van der Waals surface area contributed by atoms with Crippen LogP contribution in [0.3, 0.4) is 0 Å². The van der Waals surface area contributed by atoms with Crippen LogP contribution in [0.2, 0.25) is 5.02 Å². The van der Waals surface area contributed by atoms with Crippen LogP contribution in [0.15, 0.2) is 24.3 Å². The molecule has 1 N–H and O–H groups in total. The number of fused-ring (bicyclic) bond motifs is 1. The summed E-state index contributed by atoms with van der Waals surface area (Å²) in [5, 5.41) is 3.18. The molecule has 7 nitrogen and oxygen atoms in total. The Bertz CT molecular complexity index is 1200. The Morgan fingerprint density at radius 1 is 1.06 bits per heavy atom. The third kappa shape index (κ3) is 4.10. The molecule has 1 aliphatic heterocycles. The topological polar surface area (TPSA) is 70.6 Å². The summed E-state index contributed by atoms with van der Waals surface area (Å²) in [6, 6.07) is 5.50. The molecule has 1 saturated heterocycles. The number of rotatable bonds is 3. The van der Waals surface area contributed by atoms with Gasteiger partial charge in [0.2, 0.25) is 0 Å². The monoisotopic (exact) mass is 465 g/mol. The number of hydrogen-bond acceptors (Lipinski definition) is 5. The zero-order chi connectivity index (χ0) is 23.0. The largest absolute Gasteiger partial charge is 0.478 e. The molecule has 0 atom stereocenters. The van der Waals surface area contributed by atoms with Crippen LogP contribution < -0.4 is 15.0 Å². The molecule has 32 heavy (non-hydrogen) atoms. The molecule has 2 aromatic carbocycles. The van der Waals surface area contributed by atoms with Crippen molar-refractivity contribution in [1.29, 1.82) is 0 Å². The highest BCUT2D eigenvalue weighted by atomic mass is 35.5. The molecule has 0 unspecified atom stereocenters. The third-order valence-electron chi connectivity index (χ3n) is 5.22. The lowest BCUT2D eigenvalue weighted by Crippen LogP contribution is -2.50. The van der Waals surface area contributed by atoms with Gasteiger partial charge in [-0.3, -0.25) is 5.32 Å². The van der Waals surface area contributed by atoms with Crippen LogP contribution in [-0.2, 0) is 0 Å². The zero-order valence-electron chi connectivity index (χ0n) is 17.3. The van der Waals surface area contributed by atoms with Crippen LogP contribution in [0.5, 0.6) is 5.88 Å². The van der Waals surface area contributed by atoms with Crippen LogP contribution in [0.25, 0.3) is 11.0 Å². The van der Waals surface area contributed by atoms with Gasteiger partial charge < -0.3 is 14.5 Å². The Labute approximate surface area is 186 Å². The lowest BCUT2D eigenvalue weighted by molar-refractivity contribution is 0.207. The number of halogens is 4. The van der Waals surface area contributed by atoms with Crippen molar-refractivity contribution in [1.82, 2.24) is 14.9 Å². The standard InChI is InChI=1S/C21H19ClF3N5O2/c1-11-9-13(23)16(24)17(25)18(11)29-5-7-30(8-6-29)21(31)28-19-20(32-2)27-15-10-12(22)3-4-14(15)26-19/h3-4,9-10H,5-8H2,1-2H3,(H,26,28,31). The Hall–Kier alpha value is -3.27. The van der Waals surface area contributed by atoms with Crippen molar-refractivity contribution >= 4 is 40.2 Å². The summed E-state index contributed by atoms with van der Waals surface area (Å²) in [5.74, 6) is -3.68. The van der Waals surface area contributed by atoms with Crippen molar-refractivity contribution in [3.8, 4) is 5.88 Å². The second kappa shape index (κ2) is 8.70. The Morgan fingerprint density at radius 2 is 1.78 bits per heavy atom. The highest BCUT2D eigenvalue weighted by molar-refractivity contribution is 6.31. The lowest BCUT2D eigenvalue weighted by Gasteiger charge is -2.36. The first kappa shape index (κ1) is 21.9. The van der Waals surface area contributed by atoms with Gasteiger partial charge in [0.25, 0.3) is 5.88 Å². The van der Waals surface area contributed by atoms with E-state index in [1.807, 2.05) is 0 Å². The maximum atomic E-state index is 14.3. The van der Waals surface area contributed by atoms with Gasteiger partial charge in [-0.2, -0.15) is 0 Å². The summed E-state index contributed by atoms with van der Waals surface area (Å²) < 4.78 is 46.7. The van der Waals surface area contributed by atoms with Crippen molar-refractivity contribution in [3.05, 3.63) is 52.3 Å². The lowest BCUT2D eigenvalue weighted by atomic mass is 10.1. The normalized spacial score (nSPS) is 14.1. The summed E-state index contributed by atoms with van der Waals surface area (Å²) in [5.41, 5.74) is 1.34. The van der Waals surface area contributed by atoms with Crippen LogP contribution in [0, 0.1) is 24.4 Å². The summed E-state index contributed by atoms with van der Waals surface area (Å²) in [6.07, 6.45) is 0. The van der Waals surface area contributed by atoms with Gasteiger partial charge in [0.1, 0.15) is 0 Å². The number of carbonyl (C=O) groups is 1. The molecular formula is C21H19ClF3N5O2. The molecule has 0 radical (unpaired) electrons. The molecule has 1 aliphatic rings. The summed E-state index contributed by atoms with van der Waals surface area (Å²) in [4.78, 5) is 24.6. The van der Waals surface area contributed by atoms with Crippen LogP contribution in [-0.4, -0.2) is 54.2 Å². The Kier molecular flexibility index (Phi) is 5.96. The van der Waals surface area contributed by atoms with Gasteiger partial charge in [-0.25, -0.2) is 27.9 Å². The smallest absolute Gasteiger partial charge is 0.323 e. The van der Waals surface area contributed by atoms with Gasteiger partial charge >= 0.3 is 6.03 Å². The molecule has 4 rings (SSSR count). The van der Waals surface area contributed by atoms with Crippen molar-refractivity contribution in [3.63, 3.8) is 0 Å². The molecule has 11 heteroatoms. The van der Waals surface area contributed by atoms with Crippen LogP contribution >= 0.6 is 11.6 Å². The maximum absolute atomic E-state index is 14.3. The zero-order valence-corrected chi connectivity index (χ0v) is 18.0. The number of amides is 2. The Balaban J connectivity index is 1.48. The van der Waals surface area contributed by atoms with E-state index in [4.69, 9.17) is 16.3 Å². The average molecular weight is 466 g/mol. The molecule has 3 aromatic rings. The first-order valence-corrected chi connectivity index (χ1v) is 10.1. The van der Waals surface area contributed by atoms with Crippen molar-refractivity contribution in [2.45, 2.75) is 6.92 Å². The maximum Gasteiger partial charge on any atom is 0.323 e. The number of hydrogen-bond donors (Lipinski definition) is 1. The van der Waals surface area contributed by atoms with E-state index in [2.05, 4.69) is 15.3 Å². The molecule has 0 saturated carbocycles. The van der Waals surface area contributed by atoms with E-state index in [-0.39, 0.29) is 49.1 Å². The molecule has 168 valence electrons. The number of anilines is 2. The van der Waals surface area contributed by atoms with Gasteiger partial charge in [-0.1, -0.05) is 11.6 Å². The van der Waals surface area contributed by atoms with Gasteiger partial charge in [0.15, 0.2) is 23.3 Å². The molecular weight excluding hydrogens is 447 g/mol. The van der Waals surface area contributed by atoms with E-state index in [0.717, 1.165) is 6.07 Å². The van der Waals surface area contributed by atoms with E-state index in [9.17, 15) is 18.0 Å². The van der Waals surface area contributed by atoms with E-state index < -0.39 is 23.5 Å². The fraction of sp³-hybridized carbons (Fsp3) is 0.286. The van der Waals surface area contributed by atoms with Crippen LogP contribution in [0.4, 0.5) is 29.5 Å². The van der Waals surface area contributed by atoms with Crippen molar-refractivity contribution < 1.29 is 22.7 Å². The first-order chi connectivity index (χ1) is 15.3. The minimum atomic E-state index is -1.51. The number of benzene rings is 2. The van der Waals surface area contributed by atoms with E-state index in [1.165, 1.54) is 18.9 Å². The number of nitrogens with one attached hydrogen (secondary N) is 1. The molecule has 1 aromatic heterocycles. The summed E-state index contributed by atoms with van der Waals surface area (Å²) >= 11 is 5.98. The molecule has 2 amide bonds. The minimum absolute atomic E-state index is 0.00434. The predicted molar refractivity (Wildman–Crippen MR) is 115 cm³/mol. The van der Waals surface area contributed by atoms with Gasteiger partial charge in [-0.05, 0) is 36.8 Å². The van der Waals surface area contributed by atoms with Crippen molar-refractivity contribution in [2.24, 2.45) is 0 Å². The minimum Gasteiger partial charge on any atom is -0.478 e. The number of urea groups is 1. The number of piperazine rings is 1. The molecule has 0 bridgehead atoms. The summed E-state index contributed by atoms with van der Waals surface area (Å²) in [6.45, 7) is 2.48. The predicted octanol–water partition coefficient (Wildman–Crippen LogP) is 4.37. The van der Waals surface area contributed by atoms with E-state index in [0.29, 0.717) is 16.1 Å². The first-order valence-electron chi connectivity index (χ1n) is 9.74. The average Bonchev–Trinajstić information content (AvgIpc) is 2.77. The Morgan fingerprint density at radius 3 is 2.47 bits per heavy atom. The van der Waals surface area contributed by atoms with Gasteiger partial charge in [0.05, 0.1) is 23.8 Å². The number of aromatic nitrogens is 2. The number of nitrogens with zero attached hydrogens (tertiary/aromatic N) is 4. The fourth-order valence-electron chi connectivity index (χ4n) is 3.64. The number of ether oxygens (including phenoxy) is 1. The third-order valence-corrected chi connectivity index (χ3v) is 5.46.